The van der Waals surface area contributed by atoms with Crippen molar-refractivity contribution in [2.24, 2.45) is 0 Å². The largest absolute Gasteiger partial charge is 0.309 e. The van der Waals surface area contributed by atoms with E-state index in [1.807, 2.05) is 19.1 Å². The second kappa shape index (κ2) is 6.17. The smallest absolute Gasteiger partial charge is 0.258 e. The van der Waals surface area contributed by atoms with Gasteiger partial charge < -0.3 is 4.90 Å². The third-order valence-corrected chi connectivity index (χ3v) is 3.92. The van der Waals surface area contributed by atoms with Crippen LogP contribution in [0.3, 0.4) is 0 Å². The second-order valence-electron chi connectivity index (χ2n) is 3.88. The predicted octanol–water partition coefficient (Wildman–Crippen LogP) is 4.16. The zero-order valence-corrected chi connectivity index (χ0v) is 12.6. The molecule has 0 radical (unpaired) electrons. The van der Waals surface area contributed by atoms with Gasteiger partial charge in [-0.2, -0.15) is 0 Å². The Bertz CT molecular complexity index is 589. The minimum Gasteiger partial charge on any atom is -0.309 e. The van der Waals surface area contributed by atoms with Gasteiger partial charge in [0.05, 0.1) is 5.02 Å². The molecule has 0 aliphatic carbocycles. The summed E-state index contributed by atoms with van der Waals surface area (Å²) in [6.07, 6.45) is 3.34. The molecule has 3 nitrogen and oxygen atoms in total. The van der Waals surface area contributed by atoms with Crippen LogP contribution in [0.25, 0.3) is 0 Å². The molecule has 98 valence electrons. The second-order valence-corrected chi connectivity index (χ2v) is 5.15. The van der Waals surface area contributed by atoms with Crippen LogP contribution in [0.4, 0.5) is 5.69 Å². The van der Waals surface area contributed by atoms with E-state index in [4.69, 9.17) is 11.6 Å². The molecule has 0 spiro atoms. The van der Waals surface area contributed by atoms with E-state index in [0.29, 0.717) is 21.6 Å². The molecule has 1 amide bonds. The Balaban J connectivity index is 2.33. The Hall–Kier alpha value is -1.39. The number of hydrogen-bond donors (Lipinski definition) is 0. The highest BCUT2D eigenvalue weighted by atomic mass is 79.9. The van der Waals surface area contributed by atoms with Crippen LogP contribution in [0.5, 0.6) is 0 Å². The van der Waals surface area contributed by atoms with Gasteiger partial charge in [-0.1, -0.05) is 11.6 Å². The van der Waals surface area contributed by atoms with Crippen molar-refractivity contribution in [2.75, 3.05) is 11.4 Å². The third-order valence-electron chi connectivity index (χ3n) is 2.70. The molecule has 0 saturated heterocycles. The van der Waals surface area contributed by atoms with Crippen LogP contribution in [-0.2, 0) is 0 Å². The predicted molar refractivity (Wildman–Crippen MR) is 80.7 cm³/mol. The molecule has 2 rings (SSSR count). The maximum absolute atomic E-state index is 12.5. The zero-order chi connectivity index (χ0) is 13.8. The maximum Gasteiger partial charge on any atom is 0.258 e. The molecular formula is C14H12BrClN2O. The summed E-state index contributed by atoms with van der Waals surface area (Å²) in [6.45, 7) is 2.52. The van der Waals surface area contributed by atoms with Gasteiger partial charge in [0, 0.05) is 34.7 Å². The van der Waals surface area contributed by atoms with Crippen molar-refractivity contribution in [3.8, 4) is 0 Å². The van der Waals surface area contributed by atoms with Crippen molar-refractivity contribution in [3.05, 3.63) is 57.8 Å². The summed E-state index contributed by atoms with van der Waals surface area (Å²) in [5.41, 5.74) is 1.42. The summed E-state index contributed by atoms with van der Waals surface area (Å²) in [5, 5.41) is 0.587. The monoisotopic (exact) mass is 338 g/mol. The SMILES string of the molecule is CCN(C(=O)c1ccc(Cl)c(Br)c1)c1ccncc1. The number of nitrogens with zero attached hydrogens (tertiary/aromatic N) is 2. The molecule has 0 unspecified atom stereocenters. The van der Waals surface area contributed by atoms with Crippen LogP contribution < -0.4 is 4.90 Å². The first-order valence-corrected chi connectivity index (χ1v) is 6.97. The van der Waals surface area contributed by atoms with Gasteiger partial charge >= 0.3 is 0 Å². The van der Waals surface area contributed by atoms with E-state index >= 15 is 0 Å². The van der Waals surface area contributed by atoms with E-state index < -0.39 is 0 Å². The molecule has 1 heterocycles. The first-order valence-electron chi connectivity index (χ1n) is 5.80. The van der Waals surface area contributed by atoms with Gasteiger partial charge in [-0.15, -0.1) is 0 Å². The Morgan fingerprint density at radius 2 is 2.00 bits per heavy atom. The van der Waals surface area contributed by atoms with E-state index in [9.17, 15) is 4.79 Å². The minimum absolute atomic E-state index is 0.0638. The lowest BCUT2D eigenvalue weighted by molar-refractivity contribution is 0.0988. The van der Waals surface area contributed by atoms with Gasteiger partial charge in [-0.25, -0.2) is 0 Å². The maximum atomic E-state index is 12.5. The number of benzene rings is 1. The van der Waals surface area contributed by atoms with Crippen molar-refractivity contribution in [1.29, 1.82) is 0 Å². The summed E-state index contributed by atoms with van der Waals surface area (Å²) < 4.78 is 0.714. The molecule has 0 fully saturated rings. The Morgan fingerprint density at radius 3 is 2.58 bits per heavy atom. The lowest BCUT2D eigenvalue weighted by Crippen LogP contribution is -2.30. The van der Waals surface area contributed by atoms with E-state index in [1.165, 1.54) is 0 Å². The molecule has 5 heteroatoms. The Morgan fingerprint density at radius 1 is 1.32 bits per heavy atom. The highest BCUT2D eigenvalue weighted by Crippen LogP contribution is 2.25. The number of pyridine rings is 1. The van der Waals surface area contributed by atoms with Gasteiger partial charge in [0.2, 0.25) is 0 Å². The van der Waals surface area contributed by atoms with Crippen LogP contribution >= 0.6 is 27.5 Å². The van der Waals surface area contributed by atoms with E-state index in [1.54, 1.807) is 35.5 Å². The van der Waals surface area contributed by atoms with E-state index in [-0.39, 0.29) is 5.91 Å². The van der Waals surface area contributed by atoms with Gasteiger partial charge in [-0.05, 0) is 53.2 Å². The summed E-state index contributed by atoms with van der Waals surface area (Å²) in [7, 11) is 0. The summed E-state index contributed by atoms with van der Waals surface area (Å²) in [6, 6.07) is 8.78. The minimum atomic E-state index is -0.0638. The summed E-state index contributed by atoms with van der Waals surface area (Å²) in [5.74, 6) is -0.0638. The summed E-state index contributed by atoms with van der Waals surface area (Å²) in [4.78, 5) is 18.1. The molecule has 0 atom stereocenters. The Labute approximate surface area is 125 Å². The fourth-order valence-electron chi connectivity index (χ4n) is 1.75. The van der Waals surface area contributed by atoms with Crippen LogP contribution in [0, 0.1) is 0 Å². The van der Waals surface area contributed by atoms with E-state index in [2.05, 4.69) is 20.9 Å². The van der Waals surface area contributed by atoms with Gasteiger partial charge in [0.15, 0.2) is 0 Å². The van der Waals surface area contributed by atoms with Crippen LogP contribution in [0.15, 0.2) is 47.2 Å². The Kier molecular flexibility index (Phi) is 4.56. The number of hydrogen-bond acceptors (Lipinski definition) is 2. The zero-order valence-electron chi connectivity index (χ0n) is 10.3. The van der Waals surface area contributed by atoms with Crippen LogP contribution in [0.1, 0.15) is 17.3 Å². The number of carbonyl (C=O) groups is 1. The molecular weight excluding hydrogens is 328 g/mol. The molecule has 0 aliphatic rings. The average Bonchev–Trinajstić information content (AvgIpc) is 2.44. The molecule has 1 aromatic heterocycles. The first-order chi connectivity index (χ1) is 9.13. The average molecular weight is 340 g/mol. The molecule has 0 saturated carbocycles. The molecule has 0 aliphatic heterocycles. The molecule has 2 aromatic rings. The van der Waals surface area contributed by atoms with Gasteiger partial charge in [-0.3, -0.25) is 9.78 Å². The lowest BCUT2D eigenvalue weighted by atomic mass is 10.2. The van der Waals surface area contributed by atoms with Gasteiger partial charge in [0.25, 0.3) is 5.91 Å². The van der Waals surface area contributed by atoms with Gasteiger partial charge in [0.1, 0.15) is 0 Å². The standard InChI is InChI=1S/C14H12BrClN2O/c1-2-18(11-5-7-17-8-6-11)14(19)10-3-4-13(16)12(15)9-10/h3-9H,2H2,1H3. The number of rotatable bonds is 3. The quantitative estimate of drug-likeness (QED) is 0.841. The molecule has 19 heavy (non-hydrogen) atoms. The summed E-state index contributed by atoms with van der Waals surface area (Å²) >= 11 is 9.26. The van der Waals surface area contributed by atoms with Crippen LogP contribution in [0.2, 0.25) is 5.02 Å². The number of aromatic nitrogens is 1. The highest BCUT2D eigenvalue weighted by Gasteiger charge is 2.16. The number of halogens is 2. The fourth-order valence-corrected chi connectivity index (χ4v) is 2.25. The molecule has 0 N–H and O–H groups in total. The molecule has 0 bridgehead atoms. The van der Waals surface area contributed by atoms with E-state index in [0.717, 1.165) is 5.69 Å². The normalized spacial score (nSPS) is 10.3. The van der Waals surface area contributed by atoms with Crippen molar-refractivity contribution in [3.63, 3.8) is 0 Å². The first kappa shape index (κ1) is 14.0. The van der Waals surface area contributed by atoms with Crippen molar-refractivity contribution >= 4 is 39.1 Å². The molecule has 1 aromatic carbocycles. The number of carbonyl (C=O) groups excluding carboxylic acids is 1. The van der Waals surface area contributed by atoms with Crippen molar-refractivity contribution in [2.45, 2.75) is 6.92 Å². The third kappa shape index (κ3) is 3.14. The fraction of sp³-hybridized carbons (Fsp3) is 0.143. The van der Waals surface area contributed by atoms with Crippen molar-refractivity contribution < 1.29 is 4.79 Å². The topological polar surface area (TPSA) is 33.2 Å². The highest BCUT2D eigenvalue weighted by molar-refractivity contribution is 9.10. The van der Waals surface area contributed by atoms with Crippen molar-refractivity contribution in [1.82, 2.24) is 4.98 Å². The number of amides is 1. The van der Waals surface area contributed by atoms with Crippen LogP contribution in [-0.4, -0.2) is 17.4 Å². The lowest BCUT2D eigenvalue weighted by Gasteiger charge is -2.21. The number of anilines is 1.